The van der Waals surface area contributed by atoms with Crippen molar-refractivity contribution in [1.29, 1.82) is 0 Å². The van der Waals surface area contributed by atoms with Crippen molar-refractivity contribution in [3.05, 3.63) is 28.2 Å². The van der Waals surface area contributed by atoms with Crippen LogP contribution >= 0.6 is 15.9 Å². The van der Waals surface area contributed by atoms with Crippen LogP contribution in [0.5, 0.6) is 5.75 Å². The molecule has 4 nitrogen and oxygen atoms in total. The van der Waals surface area contributed by atoms with Gasteiger partial charge in [-0.1, -0.05) is 22.0 Å². The Kier molecular flexibility index (Phi) is 4.07. The van der Waals surface area contributed by atoms with Crippen LogP contribution in [-0.2, 0) is 9.47 Å². The van der Waals surface area contributed by atoms with E-state index in [-0.39, 0.29) is 18.3 Å². The Hall–Kier alpha value is -0.620. The highest BCUT2D eigenvalue weighted by Gasteiger charge is 2.27. The van der Waals surface area contributed by atoms with E-state index in [0.717, 1.165) is 28.8 Å². The zero-order valence-electron chi connectivity index (χ0n) is 10.5. The van der Waals surface area contributed by atoms with E-state index in [2.05, 4.69) is 15.9 Å². The highest BCUT2D eigenvalue weighted by molar-refractivity contribution is 9.10. The van der Waals surface area contributed by atoms with Crippen LogP contribution in [0, 0.1) is 0 Å². The Bertz CT molecular complexity index is 445. The molecular formula is C14H17BrO4. The van der Waals surface area contributed by atoms with E-state index in [4.69, 9.17) is 14.2 Å². The lowest BCUT2D eigenvalue weighted by atomic mass is 10.1. The highest BCUT2D eigenvalue weighted by atomic mass is 79.9. The van der Waals surface area contributed by atoms with E-state index in [1.807, 2.05) is 18.2 Å². The molecule has 0 aliphatic carbocycles. The second-order valence-electron chi connectivity index (χ2n) is 5.00. The molecule has 3 atom stereocenters. The van der Waals surface area contributed by atoms with Gasteiger partial charge in [-0.25, -0.2) is 0 Å². The van der Waals surface area contributed by atoms with Gasteiger partial charge in [-0.3, -0.25) is 0 Å². The molecule has 0 bridgehead atoms. The molecule has 0 radical (unpaired) electrons. The predicted molar refractivity (Wildman–Crippen MR) is 73.3 cm³/mol. The van der Waals surface area contributed by atoms with Crippen molar-refractivity contribution in [2.24, 2.45) is 0 Å². The maximum atomic E-state index is 9.52. The van der Waals surface area contributed by atoms with E-state index >= 15 is 0 Å². The van der Waals surface area contributed by atoms with E-state index in [1.54, 1.807) is 0 Å². The van der Waals surface area contributed by atoms with Crippen LogP contribution in [0.3, 0.4) is 0 Å². The third-order valence-corrected chi connectivity index (χ3v) is 4.17. The first-order chi connectivity index (χ1) is 9.22. The number of hydrogen-bond donors (Lipinski definition) is 1. The molecule has 0 aromatic heterocycles. The van der Waals surface area contributed by atoms with Crippen LogP contribution in [-0.4, -0.2) is 37.1 Å². The zero-order chi connectivity index (χ0) is 13.2. The minimum Gasteiger partial charge on any atom is -0.488 e. The average molecular weight is 329 g/mol. The van der Waals surface area contributed by atoms with Crippen LogP contribution in [0.25, 0.3) is 0 Å². The van der Waals surface area contributed by atoms with Crippen LogP contribution < -0.4 is 4.74 Å². The second kappa shape index (κ2) is 5.79. The summed E-state index contributed by atoms with van der Waals surface area (Å²) in [5, 5.41) is 9.52. The summed E-state index contributed by atoms with van der Waals surface area (Å²) in [6, 6.07) is 5.91. The standard InChI is InChI=1S/C14H17BrO4/c15-13-6-10(19-11-3-4-17-8-11)1-2-12(13)14-5-9(16)7-18-14/h1-2,6,9,11,14,16H,3-5,7-8H2/t9-,11+,14?/m1/s1. The van der Waals surface area contributed by atoms with Gasteiger partial charge in [0.15, 0.2) is 0 Å². The number of hydrogen-bond acceptors (Lipinski definition) is 4. The van der Waals surface area contributed by atoms with Gasteiger partial charge >= 0.3 is 0 Å². The van der Waals surface area contributed by atoms with Gasteiger partial charge in [-0.05, 0) is 17.7 Å². The summed E-state index contributed by atoms with van der Waals surface area (Å²) in [5.74, 6) is 0.838. The van der Waals surface area contributed by atoms with Gasteiger partial charge in [-0.2, -0.15) is 0 Å². The van der Waals surface area contributed by atoms with Crippen molar-refractivity contribution in [3.63, 3.8) is 0 Å². The fraction of sp³-hybridized carbons (Fsp3) is 0.571. The van der Waals surface area contributed by atoms with Crippen LogP contribution in [0.1, 0.15) is 24.5 Å². The summed E-state index contributed by atoms with van der Waals surface area (Å²) in [6.07, 6.45) is 1.35. The number of halogens is 1. The maximum Gasteiger partial charge on any atom is 0.124 e. The van der Waals surface area contributed by atoms with Gasteiger partial charge in [0.2, 0.25) is 0 Å². The minimum atomic E-state index is -0.358. The first kappa shape index (κ1) is 13.4. The van der Waals surface area contributed by atoms with E-state index in [0.29, 0.717) is 19.6 Å². The number of ether oxygens (including phenoxy) is 3. The molecule has 1 aromatic rings. The molecule has 0 saturated carbocycles. The van der Waals surface area contributed by atoms with E-state index < -0.39 is 0 Å². The number of aliphatic hydroxyl groups excluding tert-OH is 1. The molecule has 0 spiro atoms. The molecule has 0 amide bonds. The molecule has 2 fully saturated rings. The van der Waals surface area contributed by atoms with E-state index in [9.17, 15) is 5.11 Å². The topological polar surface area (TPSA) is 47.9 Å². The van der Waals surface area contributed by atoms with Gasteiger partial charge in [0, 0.05) is 17.3 Å². The number of rotatable bonds is 3. The summed E-state index contributed by atoms with van der Waals surface area (Å²) < 4.78 is 17.7. The Morgan fingerprint density at radius 1 is 1.32 bits per heavy atom. The van der Waals surface area contributed by atoms with Crippen molar-refractivity contribution in [2.75, 3.05) is 19.8 Å². The summed E-state index contributed by atoms with van der Waals surface area (Å²) in [7, 11) is 0. The van der Waals surface area contributed by atoms with Gasteiger partial charge < -0.3 is 19.3 Å². The molecular weight excluding hydrogens is 312 g/mol. The largest absolute Gasteiger partial charge is 0.488 e. The fourth-order valence-electron chi connectivity index (χ4n) is 2.47. The maximum absolute atomic E-state index is 9.52. The quantitative estimate of drug-likeness (QED) is 0.925. The summed E-state index contributed by atoms with van der Waals surface area (Å²) >= 11 is 3.55. The monoisotopic (exact) mass is 328 g/mol. The van der Waals surface area contributed by atoms with Gasteiger partial charge in [0.1, 0.15) is 11.9 Å². The molecule has 1 aromatic carbocycles. The lowest BCUT2D eigenvalue weighted by molar-refractivity contribution is 0.0884. The van der Waals surface area contributed by atoms with Crippen molar-refractivity contribution >= 4 is 15.9 Å². The third kappa shape index (κ3) is 3.11. The Balaban J connectivity index is 1.70. The molecule has 2 heterocycles. The first-order valence-corrected chi connectivity index (χ1v) is 7.35. The minimum absolute atomic E-state index is 0.0340. The van der Waals surface area contributed by atoms with Crippen LogP contribution in [0.15, 0.2) is 22.7 Å². The molecule has 104 valence electrons. The summed E-state index contributed by atoms with van der Waals surface area (Å²) in [5.41, 5.74) is 1.06. The molecule has 3 rings (SSSR count). The average Bonchev–Trinajstić information content (AvgIpc) is 3.01. The van der Waals surface area contributed by atoms with Crippen molar-refractivity contribution in [3.8, 4) is 5.75 Å². The van der Waals surface area contributed by atoms with E-state index in [1.165, 1.54) is 0 Å². The second-order valence-corrected chi connectivity index (χ2v) is 5.85. The zero-order valence-corrected chi connectivity index (χ0v) is 12.1. The van der Waals surface area contributed by atoms with Crippen LogP contribution in [0.2, 0.25) is 0 Å². The number of benzene rings is 1. The highest BCUT2D eigenvalue weighted by Crippen LogP contribution is 2.35. The SMILES string of the molecule is O[C@H]1COC(c2ccc(O[C@H]3CCOC3)cc2Br)C1. The fourth-order valence-corrected chi connectivity index (χ4v) is 3.08. The van der Waals surface area contributed by atoms with Crippen molar-refractivity contribution < 1.29 is 19.3 Å². The molecule has 1 unspecified atom stereocenters. The Labute approximate surface area is 120 Å². The third-order valence-electron chi connectivity index (χ3n) is 3.49. The Morgan fingerprint density at radius 3 is 2.84 bits per heavy atom. The Morgan fingerprint density at radius 2 is 2.21 bits per heavy atom. The van der Waals surface area contributed by atoms with Crippen molar-refractivity contribution in [1.82, 2.24) is 0 Å². The summed E-state index contributed by atoms with van der Waals surface area (Å²) in [6.45, 7) is 1.85. The summed E-state index contributed by atoms with van der Waals surface area (Å²) in [4.78, 5) is 0. The van der Waals surface area contributed by atoms with Gasteiger partial charge in [0.25, 0.3) is 0 Å². The molecule has 2 aliphatic rings. The predicted octanol–water partition coefficient (Wildman–Crippen LogP) is 2.44. The molecule has 19 heavy (non-hydrogen) atoms. The normalized spacial score (nSPS) is 30.7. The van der Waals surface area contributed by atoms with Gasteiger partial charge in [-0.15, -0.1) is 0 Å². The lowest BCUT2D eigenvalue weighted by Crippen LogP contribution is -2.15. The molecule has 5 heteroatoms. The first-order valence-electron chi connectivity index (χ1n) is 6.56. The molecule has 2 saturated heterocycles. The molecule has 1 N–H and O–H groups in total. The smallest absolute Gasteiger partial charge is 0.124 e. The lowest BCUT2D eigenvalue weighted by Gasteiger charge is -2.15. The number of aliphatic hydroxyl groups is 1. The van der Waals surface area contributed by atoms with Crippen LogP contribution in [0.4, 0.5) is 0 Å². The molecule has 2 aliphatic heterocycles. The van der Waals surface area contributed by atoms with Gasteiger partial charge in [0.05, 0.1) is 32.0 Å². The van der Waals surface area contributed by atoms with Crippen molar-refractivity contribution in [2.45, 2.75) is 31.2 Å².